The van der Waals surface area contributed by atoms with Crippen molar-refractivity contribution in [3.8, 4) is 16.9 Å². The minimum Gasteiger partial charge on any atom is -0.487 e. The lowest BCUT2D eigenvalue weighted by atomic mass is 9.94. The van der Waals surface area contributed by atoms with Gasteiger partial charge in [0.1, 0.15) is 11.4 Å². The van der Waals surface area contributed by atoms with Gasteiger partial charge in [0.25, 0.3) is 0 Å². The van der Waals surface area contributed by atoms with E-state index in [0.29, 0.717) is 6.54 Å². The molecule has 0 unspecified atom stereocenters. The Morgan fingerprint density at radius 1 is 1.24 bits per heavy atom. The van der Waals surface area contributed by atoms with Gasteiger partial charge in [-0.1, -0.05) is 40.2 Å². The van der Waals surface area contributed by atoms with E-state index in [2.05, 4.69) is 67.0 Å². The highest BCUT2D eigenvalue weighted by molar-refractivity contribution is 9.10. The molecule has 0 atom stereocenters. The van der Waals surface area contributed by atoms with Crippen LogP contribution in [0, 0.1) is 6.92 Å². The maximum Gasteiger partial charge on any atom is 0.127 e. The van der Waals surface area contributed by atoms with Gasteiger partial charge in [0, 0.05) is 28.6 Å². The molecule has 2 aromatic carbocycles. The Hall–Kier alpha value is -1.32. The van der Waals surface area contributed by atoms with Crippen LogP contribution in [-0.4, -0.2) is 5.60 Å². The van der Waals surface area contributed by atoms with Crippen LogP contribution in [0.5, 0.6) is 5.75 Å². The fraction of sp³-hybridized carbons (Fsp3) is 0.333. The van der Waals surface area contributed by atoms with Crippen molar-refractivity contribution in [1.82, 2.24) is 0 Å². The molecule has 0 aromatic heterocycles. The lowest BCUT2D eigenvalue weighted by Crippen LogP contribution is -2.24. The molecule has 1 heterocycles. The zero-order chi connectivity index (χ0) is 15.2. The summed E-state index contributed by atoms with van der Waals surface area (Å²) < 4.78 is 7.27. The van der Waals surface area contributed by atoms with Gasteiger partial charge >= 0.3 is 0 Å². The van der Waals surface area contributed by atoms with E-state index in [1.165, 1.54) is 22.3 Å². The molecule has 0 saturated carbocycles. The number of halogens is 1. The van der Waals surface area contributed by atoms with Crippen LogP contribution >= 0.6 is 15.9 Å². The molecule has 0 saturated heterocycles. The molecule has 2 nitrogen and oxygen atoms in total. The molecule has 0 aliphatic carbocycles. The summed E-state index contributed by atoms with van der Waals surface area (Å²) in [5.41, 5.74) is 11.6. The number of rotatable bonds is 2. The molecule has 3 rings (SSSR count). The highest BCUT2D eigenvalue weighted by Crippen LogP contribution is 2.45. The van der Waals surface area contributed by atoms with Crippen molar-refractivity contribution in [3.63, 3.8) is 0 Å². The minimum atomic E-state index is -0.117. The number of hydrogen-bond donors (Lipinski definition) is 1. The second-order valence-electron chi connectivity index (χ2n) is 6.29. The van der Waals surface area contributed by atoms with Gasteiger partial charge in [-0.25, -0.2) is 0 Å². The Kier molecular flexibility index (Phi) is 3.58. The van der Waals surface area contributed by atoms with E-state index in [9.17, 15) is 0 Å². The van der Waals surface area contributed by atoms with E-state index in [1.807, 2.05) is 0 Å². The summed E-state index contributed by atoms with van der Waals surface area (Å²) in [4.78, 5) is 0. The highest BCUT2D eigenvalue weighted by atomic mass is 79.9. The van der Waals surface area contributed by atoms with Crippen molar-refractivity contribution in [2.45, 2.75) is 39.3 Å². The molecule has 2 N–H and O–H groups in total. The Labute approximate surface area is 134 Å². The van der Waals surface area contributed by atoms with Crippen molar-refractivity contribution in [3.05, 3.63) is 51.5 Å². The Bertz CT molecular complexity index is 689. The summed E-state index contributed by atoms with van der Waals surface area (Å²) >= 11 is 3.73. The van der Waals surface area contributed by atoms with Crippen LogP contribution in [0.15, 0.2) is 34.8 Å². The number of benzene rings is 2. The molecule has 3 heteroatoms. The molecular formula is C18H20BrNO. The Morgan fingerprint density at radius 3 is 2.52 bits per heavy atom. The average Bonchev–Trinajstić information content (AvgIpc) is 2.74. The minimum absolute atomic E-state index is 0.117. The van der Waals surface area contributed by atoms with Crippen LogP contribution in [0.3, 0.4) is 0 Å². The average molecular weight is 346 g/mol. The molecule has 2 aromatic rings. The summed E-state index contributed by atoms with van der Waals surface area (Å²) in [6.45, 7) is 6.98. The van der Waals surface area contributed by atoms with Gasteiger partial charge in [-0.3, -0.25) is 0 Å². The number of ether oxygens (including phenoxy) is 1. The summed E-state index contributed by atoms with van der Waals surface area (Å²) in [5, 5.41) is 0. The smallest absolute Gasteiger partial charge is 0.127 e. The van der Waals surface area contributed by atoms with Crippen molar-refractivity contribution in [2.24, 2.45) is 5.73 Å². The molecule has 0 radical (unpaired) electrons. The monoisotopic (exact) mass is 345 g/mol. The van der Waals surface area contributed by atoms with Gasteiger partial charge in [-0.15, -0.1) is 0 Å². The third kappa shape index (κ3) is 2.60. The maximum atomic E-state index is 6.15. The van der Waals surface area contributed by atoms with Crippen LogP contribution in [0.2, 0.25) is 0 Å². The predicted molar refractivity (Wildman–Crippen MR) is 90.6 cm³/mol. The topological polar surface area (TPSA) is 35.2 Å². The molecule has 0 bridgehead atoms. The van der Waals surface area contributed by atoms with Gasteiger partial charge in [0.2, 0.25) is 0 Å². The molecule has 0 spiro atoms. The third-order valence-electron chi connectivity index (χ3n) is 4.02. The molecule has 0 fully saturated rings. The van der Waals surface area contributed by atoms with Crippen LogP contribution in [0.1, 0.15) is 30.5 Å². The van der Waals surface area contributed by atoms with E-state index in [0.717, 1.165) is 22.2 Å². The molecule has 0 amide bonds. The van der Waals surface area contributed by atoms with Crippen LogP contribution in [0.25, 0.3) is 11.1 Å². The Balaban J connectivity index is 2.12. The zero-order valence-electron chi connectivity index (χ0n) is 12.7. The third-order valence-corrected chi connectivity index (χ3v) is 4.65. The van der Waals surface area contributed by atoms with Crippen LogP contribution in [0.4, 0.5) is 0 Å². The van der Waals surface area contributed by atoms with Crippen molar-refractivity contribution < 1.29 is 4.74 Å². The first-order valence-electron chi connectivity index (χ1n) is 7.21. The first kappa shape index (κ1) is 14.6. The van der Waals surface area contributed by atoms with Crippen molar-refractivity contribution in [2.75, 3.05) is 0 Å². The summed E-state index contributed by atoms with van der Waals surface area (Å²) in [6.07, 6.45) is 0.953. The van der Waals surface area contributed by atoms with Gasteiger partial charge in [-0.05, 0) is 43.5 Å². The van der Waals surface area contributed by atoms with E-state index in [1.54, 1.807) is 0 Å². The summed E-state index contributed by atoms with van der Waals surface area (Å²) in [6, 6.07) is 10.6. The second-order valence-corrected chi connectivity index (χ2v) is 7.14. The number of fused-ring (bicyclic) bond motifs is 1. The molecule has 1 aliphatic heterocycles. The van der Waals surface area contributed by atoms with Gasteiger partial charge in [0.15, 0.2) is 0 Å². The Morgan fingerprint density at radius 2 is 1.90 bits per heavy atom. The predicted octanol–water partition coefficient (Wildman–Crippen LogP) is 4.60. The van der Waals surface area contributed by atoms with Crippen molar-refractivity contribution in [1.29, 1.82) is 0 Å². The molecule has 1 aliphatic rings. The lowest BCUT2D eigenvalue weighted by molar-refractivity contribution is 0.137. The van der Waals surface area contributed by atoms with E-state index in [-0.39, 0.29) is 5.60 Å². The van der Waals surface area contributed by atoms with E-state index >= 15 is 0 Å². The number of hydrogen-bond acceptors (Lipinski definition) is 2. The summed E-state index contributed by atoms with van der Waals surface area (Å²) in [7, 11) is 0. The van der Waals surface area contributed by atoms with Crippen LogP contribution in [-0.2, 0) is 13.0 Å². The normalized spacial score (nSPS) is 15.7. The first-order valence-corrected chi connectivity index (χ1v) is 8.01. The van der Waals surface area contributed by atoms with Crippen molar-refractivity contribution >= 4 is 15.9 Å². The maximum absolute atomic E-state index is 6.15. The quantitative estimate of drug-likeness (QED) is 0.863. The van der Waals surface area contributed by atoms with E-state index in [4.69, 9.17) is 10.5 Å². The largest absolute Gasteiger partial charge is 0.487 e. The SMILES string of the molecule is Cc1c2c(cc(Br)c1-c1ccc(CN)cc1)CC(C)(C)O2. The molecule has 110 valence electrons. The fourth-order valence-corrected chi connectivity index (χ4v) is 3.83. The summed E-state index contributed by atoms with van der Waals surface area (Å²) in [5.74, 6) is 1.04. The molecule has 21 heavy (non-hydrogen) atoms. The number of nitrogens with two attached hydrogens (primary N) is 1. The second kappa shape index (κ2) is 5.15. The highest BCUT2D eigenvalue weighted by Gasteiger charge is 2.32. The molecular weight excluding hydrogens is 326 g/mol. The van der Waals surface area contributed by atoms with Gasteiger partial charge < -0.3 is 10.5 Å². The first-order chi connectivity index (χ1) is 9.91. The van der Waals surface area contributed by atoms with Gasteiger partial charge in [0.05, 0.1) is 0 Å². The lowest BCUT2D eigenvalue weighted by Gasteiger charge is -2.18. The van der Waals surface area contributed by atoms with Gasteiger partial charge in [-0.2, -0.15) is 0 Å². The fourth-order valence-electron chi connectivity index (χ4n) is 3.03. The zero-order valence-corrected chi connectivity index (χ0v) is 14.3. The van der Waals surface area contributed by atoms with Crippen LogP contribution < -0.4 is 10.5 Å². The standard InChI is InChI=1S/C18H20BrNO/c1-11-16(13-6-4-12(10-20)5-7-13)15(19)8-14-9-18(2,3)21-17(11)14/h4-8H,9-10,20H2,1-3H3. The van der Waals surface area contributed by atoms with E-state index < -0.39 is 0 Å².